The lowest BCUT2D eigenvalue weighted by Gasteiger charge is -2.28. The number of carbonyl (C=O) groups excluding carboxylic acids is 2. The van der Waals surface area contributed by atoms with Crippen LogP contribution >= 0.6 is 0 Å². The molecule has 0 heterocycles. The molecule has 0 aliphatic heterocycles. The third kappa shape index (κ3) is 4.64. The molecule has 0 aromatic heterocycles. The molecule has 1 aliphatic rings. The van der Waals surface area contributed by atoms with Crippen LogP contribution in [0, 0.1) is 5.92 Å². The summed E-state index contributed by atoms with van der Waals surface area (Å²) >= 11 is 0. The van der Waals surface area contributed by atoms with Gasteiger partial charge in [0, 0.05) is 12.0 Å². The standard InChI is InChI=1S/C12H21NO3/c1-12(2,3)16-11(15)13-10-6-4-5-9(7-10)8-14/h8-10H,4-7H2,1-3H3,(H,13,15)/t9-,10-/m1/s1. The van der Waals surface area contributed by atoms with E-state index in [9.17, 15) is 9.59 Å². The summed E-state index contributed by atoms with van der Waals surface area (Å²) in [5.74, 6) is 0.0914. The molecule has 1 fully saturated rings. The van der Waals surface area contributed by atoms with Crippen molar-refractivity contribution in [2.75, 3.05) is 0 Å². The highest BCUT2D eigenvalue weighted by Gasteiger charge is 2.24. The lowest BCUT2D eigenvalue weighted by atomic mass is 9.87. The predicted octanol–water partition coefficient (Wildman–Crippen LogP) is 2.27. The van der Waals surface area contributed by atoms with Crippen molar-refractivity contribution in [1.29, 1.82) is 0 Å². The van der Waals surface area contributed by atoms with Gasteiger partial charge >= 0.3 is 6.09 Å². The highest BCUT2D eigenvalue weighted by molar-refractivity contribution is 5.68. The van der Waals surface area contributed by atoms with Gasteiger partial charge in [-0.3, -0.25) is 0 Å². The first kappa shape index (κ1) is 13.0. The maximum Gasteiger partial charge on any atom is 0.407 e. The first-order valence-corrected chi connectivity index (χ1v) is 5.85. The number of carbonyl (C=O) groups is 2. The molecule has 92 valence electrons. The molecule has 0 saturated heterocycles. The van der Waals surface area contributed by atoms with Crippen LogP contribution in [0.2, 0.25) is 0 Å². The summed E-state index contributed by atoms with van der Waals surface area (Å²) in [6, 6.07) is 0.0822. The number of alkyl carbamates (subject to hydrolysis) is 1. The lowest BCUT2D eigenvalue weighted by molar-refractivity contribution is -0.112. The Kier molecular flexibility index (Phi) is 4.33. The fraction of sp³-hybridized carbons (Fsp3) is 0.833. The van der Waals surface area contributed by atoms with Gasteiger partial charge in [-0.2, -0.15) is 0 Å². The maximum atomic E-state index is 11.5. The normalized spacial score (nSPS) is 25.9. The fourth-order valence-electron chi connectivity index (χ4n) is 1.96. The molecule has 0 aromatic carbocycles. The molecule has 1 rings (SSSR count). The van der Waals surface area contributed by atoms with Gasteiger partial charge in [0.1, 0.15) is 11.9 Å². The largest absolute Gasteiger partial charge is 0.444 e. The predicted molar refractivity (Wildman–Crippen MR) is 61.2 cm³/mol. The lowest BCUT2D eigenvalue weighted by Crippen LogP contribution is -2.41. The van der Waals surface area contributed by atoms with Crippen molar-refractivity contribution in [3.63, 3.8) is 0 Å². The van der Waals surface area contributed by atoms with Crippen LogP contribution in [-0.2, 0) is 9.53 Å². The Hall–Kier alpha value is -1.06. The van der Waals surface area contributed by atoms with Gasteiger partial charge in [0.15, 0.2) is 0 Å². The number of amides is 1. The summed E-state index contributed by atoms with van der Waals surface area (Å²) in [5, 5.41) is 2.82. The summed E-state index contributed by atoms with van der Waals surface area (Å²) < 4.78 is 5.17. The van der Waals surface area contributed by atoms with E-state index >= 15 is 0 Å². The van der Waals surface area contributed by atoms with Gasteiger partial charge in [-0.1, -0.05) is 6.42 Å². The Labute approximate surface area is 96.7 Å². The van der Waals surface area contributed by atoms with E-state index in [-0.39, 0.29) is 18.1 Å². The topological polar surface area (TPSA) is 55.4 Å². The second-order valence-electron chi connectivity index (χ2n) is 5.41. The fourth-order valence-corrected chi connectivity index (χ4v) is 1.96. The average Bonchev–Trinajstić information content (AvgIpc) is 2.15. The summed E-state index contributed by atoms with van der Waals surface area (Å²) in [6.45, 7) is 5.50. The van der Waals surface area contributed by atoms with Gasteiger partial charge in [0.05, 0.1) is 0 Å². The number of aldehydes is 1. The Bertz CT molecular complexity index is 257. The first-order chi connectivity index (χ1) is 7.40. The molecular weight excluding hydrogens is 206 g/mol. The minimum absolute atomic E-state index is 0.0822. The zero-order chi connectivity index (χ0) is 12.2. The van der Waals surface area contributed by atoms with Crippen molar-refractivity contribution in [2.24, 2.45) is 5.92 Å². The van der Waals surface area contributed by atoms with E-state index in [0.29, 0.717) is 0 Å². The van der Waals surface area contributed by atoms with Gasteiger partial charge in [-0.25, -0.2) is 4.79 Å². The Morgan fingerprint density at radius 2 is 2.06 bits per heavy atom. The summed E-state index contributed by atoms with van der Waals surface area (Å²) in [7, 11) is 0. The van der Waals surface area contributed by atoms with E-state index < -0.39 is 5.60 Å². The van der Waals surface area contributed by atoms with Crippen LogP contribution < -0.4 is 5.32 Å². The van der Waals surface area contributed by atoms with E-state index in [1.807, 2.05) is 20.8 Å². The Morgan fingerprint density at radius 3 is 2.62 bits per heavy atom. The first-order valence-electron chi connectivity index (χ1n) is 5.85. The number of ether oxygens (including phenoxy) is 1. The monoisotopic (exact) mass is 227 g/mol. The number of nitrogens with one attached hydrogen (secondary N) is 1. The van der Waals surface area contributed by atoms with Crippen molar-refractivity contribution in [3.8, 4) is 0 Å². The molecule has 0 unspecified atom stereocenters. The number of rotatable bonds is 2. The summed E-state index contributed by atoms with van der Waals surface area (Å²) in [4.78, 5) is 22.2. The molecule has 0 radical (unpaired) electrons. The highest BCUT2D eigenvalue weighted by atomic mass is 16.6. The molecule has 0 spiro atoms. The van der Waals surface area contributed by atoms with Crippen LogP contribution in [0.1, 0.15) is 46.5 Å². The van der Waals surface area contributed by atoms with E-state index in [4.69, 9.17) is 4.74 Å². The molecule has 0 aromatic rings. The molecule has 0 bridgehead atoms. The van der Waals surface area contributed by atoms with Crippen molar-refractivity contribution in [3.05, 3.63) is 0 Å². The van der Waals surface area contributed by atoms with Crippen LogP contribution in [-0.4, -0.2) is 24.0 Å². The van der Waals surface area contributed by atoms with Crippen molar-refractivity contribution in [1.82, 2.24) is 5.32 Å². The van der Waals surface area contributed by atoms with Crippen molar-refractivity contribution < 1.29 is 14.3 Å². The highest BCUT2D eigenvalue weighted by Crippen LogP contribution is 2.22. The van der Waals surface area contributed by atoms with E-state index in [0.717, 1.165) is 32.0 Å². The van der Waals surface area contributed by atoms with E-state index in [1.54, 1.807) is 0 Å². The summed E-state index contributed by atoms with van der Waals surface area (Å²) in [5.41, 5.74) is -0.469. The molecule has 1 aliphatic carbocycles. The minimum atomic E-state index is -0.469. The van der Waals surface area contributed by atoms with Gasteiger partial charge in [-0.15, -0.1) is 0 Å². The van der Waals surface area contributed by atoms with Crippen molar-refractivity contribution >= 4 is 12.4 Å². The van der Waals surface area contributed by atoms with Gasteiger partial charge in [-0.05, 0) is 40.0 Å². The molecule has 16 heavy (non-hydrogen) atoms. The maximum absolute atomic E-state index is 11.5. The zero-order valence-electron chi connectivity index (χ0n) is 10.3. The molecule has 4 nitrogen and oxygen atoms in total. The number of hydrogen-bond donors (Lipinski definition) is 1. The Morgan fingerprint density at radius 1 is 1.38 bits per heavy atom. The van der Waals surface area contributed by atoms with Gasteiger partial charge < -0.3 is 14.8 Å². The van der Waals surface area contributed by atoms with Gasteiger partial charge in [0.2, 0.25) is 0 Å². The Balaban J connectivity index is 2.36. The van der Waals surface area contributed by atoms with Crippen LogP contribution in [0.5, 0.6) is 0 Å². The molecule has 4 heteroatoms. The molecule has 1 amide bonds. The molecule has 1 saturated carbocycles. The van der Waals surface area contributed by atoms with Crippen LogP contribution in [0.25, 0.3) is 0 Å². The molecular formula is C12H21NO3. The minimum Gasteiger partial charge on any atom is -0.444 e. The van der Waals surface area contributed by atoms with E-state index in [1.165, 1.54) is 0 Å². The third-order valence-corrected chi connectivity index (χ3v) is 2.63. The van der Waals surface area contributed by atoms with Crippen LogP contribution in [0.4, 0.5) is 4.79 Å². The smallest absolute Gasteiger partial charge is 0.407 e. The summed E-state index contributed by atoms with van der Waals surface area (Å²) in [6.07, 6.45) is 4.21. The molecule has 2 atom stereocenters. The van der Waals surface area contributed by atoms with Gasteiger partial charge in [0.25, 0.3) is 0 Å². The SMILES string of the molecule is CC(C)(C)OC(=O)N[C@@H]1CCC[C@@H](C=O)C1. The molecule has 1 N–H and O–H groups in total. The second-order valence-corrected chi connectivity index (χ2v) is 5.41. The zero-order valence-corrected chi connectivity index (χ0v) is 10.3. The van der Waals surface area contributed by atoms with E-state index in [2.05, 4.69) is 5.32 Å². The quantitative estimate of drug-likeness (QED) is 0.736. The van der Waals surface area contributed by atoms with Crippen LogP contribution in [0.3, 0.4) is 0 Å². The van der Waals surface area contributed by atoms with Crippen molar-refractivity contribution in [2.45, 2.75) is 58.1 Å². The number of hydrogen-bond acceptors (Lipinski definition) is 3. The average molecular weight is 227 g/mol. The third-order valence-electron chi connectivity index (χ3n) is 2.63. The second kappa shape index (κ2) is 5.32. The van der Waals surface area contributed by atoms with Crippen LogP contribution in [0.15, 0.2) is 0 Å².